The smallest absolute Gasteiger partial charge is 0.223 e. The quantitative estimate of drug-likeness (QED) is 0.746. The summed E-state index contributed by atoms with van der Waals surface area (Å²) >= 11 is 0. The van der Waals surface area contributed by atoms with Crippen LogP contribution in [0.2, 0.25) is 0 Å². The second kappa shape index (κ2) is 9.21. The number of amides is 1. The van der Waals surface area contributed by atoms with Crippen LogP contribution in [0.1, 0.15) is 49.3 Å². The molecule has 2 aliphatic heterocycles. The van der Waals surface area contributed by atoms with Gasteiger partial charge in [-0.3, -0.25) is 4.79 Å². The van der Waals surface area contributed by atoms with Crippen molar-refractivity contribution in [2.45, 2.75) is 44.6 Å². The first-order valence-corrected chi connectivity index (χ1v) is 10.6. The minimum absolute atomic E-state index is 0.149. The second-order valence-corrected chi connectivity index (χ2v) is 7.70. The van der Waals surface area contributed by atoms with Crippen molar-refractivity contribution >= 4 is 5.91 Å². The first kappa shape index (κ1) is 19.6. The standard InChI is InChI=1S/C24H29NO4/c1-27-20-10-8-19(9-11-20)21-5-3-2-4-14-25(21)24(26)13-7-18-6-12-22-23(17-18)29-16-15-28-22/h6,8-12,17,21H,2-5,7,13-16H2,1H3. The van der Waals surface area contributed by atoms with Crippen molar-refractivity contribution in [1.29, 1.82) is 0 Å². The van der Waals surface area contributed by atoms with E-state index in [2.05, 4.69) is 17.0 Å². The lowest BCUT2D eigenvalue weighted by molar-refractivity contribution is -0.133. The van der Waals surface area contributed by atoms with Crippen LogP contribution in [0.15, 0.2) is 42.5 Å². The van der Waals surface area contributed by atoms with E-state index in [0.717, 1.165) is 48.6 Å². The van der Waals surface area contributed by atoms with Gasteiger partial charge in [0.2, 0.25) is 5.91 Å². The number of carbonyl (C=O) groups is 1. The van der Waals surface area contributed by atoms with Crippen molar-refractivity contribution in [2.75, 3.05) is 26.9 Å². The van der Waals surface area contributed by atoms with Crippen LogP contribution in [0.5, 0.6) is 17.2 Å². The molecule has 2 aromatic rings. The summed E-state index contributed by atoms with van der Waals surface area (Å²) in [7, 11) is 1.67. The number of ether oxygens (including phenoxy) is 3. The molecule has 5 nitrogen and oxygen atoms in total. The van der Waals surface area contributed by atoms with Gasteiger partial charge in [-0.2, -0.15) is 0 Å². The third-order valence-electron chi connectivity index (χ3n) is 5.81. The number of aryl methyl sites for hydroxylation is 1. The van der Waals surface area contributed by atoms with Gasteiger partial charge in [-0.1, -0.05) is 31.0 Å². The summed E-state index contributed by atoms with van der Waals surface area (Å²) in [6.07, 6.45) is 5.64. The Balaban J connectivity index is 1.44. The third-order valence-corrected chi connectivity index (χ3v) is 5.81. The Morgan fingerprint density at radius 2 is 1.83 bits per heavy atom. The maximum atomic E-state index is 13.2. The van der Waals surface area contributed by atoms with Crippen molar-refractivity contribution in [3.63, 3.8) is 0 Å². The third kappa shape index (κ3) is 4.66. The summed E-state index contributed by atoms with van der Waals surface area (Å²) in [6, 6.07) is 14.3. The molecule has 1 fully saturated rings. The molecule has 1 saturated heterocycles. The Bertz CT molecular complexity index is 833. The molecule has 4 rings (SSSR count). The second-order valence-electron chi connectivity index (χ2n) is 7.70. The van der Waals surface area contributed by atoms with E-state index >= 15 is 0 Å². The molecule has 0 aromatic heterocycles. The van der Waals surface area contributed by atoms with Crippen molar-refractivity contribution in [1.82, 2.24) is 4.90 Å². The molecule has 2 heterocycles. The van der Waals surface area contributed by atoms with E-state index in [1.54, 1.807) is 7.11 Å². The number of hydrogen-bond acceptors (Lipinski definition) is 4. The van der Waals surface area contributed by atoms with Crippen molar-refractivity contribution < 1.29 is 19.0 Å². The highest BCUT2D eigenvalue weighted by Gasteiger charge is 2.26. The Kier molecular flexibility index (Phi) is 6.23. The lowest BCUT2D eigenvalue weighted by Crippen LogP contribution is -2.35. The zero-order valence-electron chi connectivity index (χ0n) is 17.1. The maximum absolute atomic E-state index is 13.2. The van der Waals surface area contributed by atoms with Crippen LogP contribution in [0.4, 0.5) is 0 Å². The number of benzene rings is 2. The van der Waals surface area contributed by atoms with E-state index in [1.165, 1.54) is 12.0 Å². The number of rotatable bonds is 5. The summed E-state index contributed by atoms with van der Waals surface area (Å²) in [5.74, 6) is 2.65. The number of fused-ring (bicyclic) bond motifs is 1. The highest BCUT2D eigenvalue weighted by molar-refractivity contribution is 5.77. The Hall–Kier alpha value is -2.69. The van der Waals surface area contributed by atoms with Gasteiger partial charge in [0.25, 0.3) is 0 Å². The molecule has 1 atom stereocenters. The molecule has 5 heteroatoms. The van der Waals surface area contributed by atoms with E-state index in [9.17, 15) is 4.79 Å². The topological polar surface area (TPSA) is 48.0 Å². The van der Waals surface area contributed by atoms with Gasteiger partial charge in [0, 0.05) is 13.0 Å². The van der Waals surface area contributed by atoms with Gasteiger partial charge in [-0.15, -0.1) is 0 Å². The molecule has 2 aliphatic rings. The highest BCUT2D eigenvalue weighted by atomic mass is 16.6. The number of carbonyl (C=O) groups excluding carboxylic acids is 1. The molecule has 1 amide bonds. The zero-order chi connectivity index (χ0) is 20.1. The fourth-order valence-corrected chi connectivity index (χ4v) is 4.22. The van der Waals surface area contributed by atoms with Gasteiger partial charge < -0.3 is 19.1 Å². The Morgan fingerprint density at radius 1 is 1.03 bits per heavy atom. The van der Waals surface area contributed by atoms with Gasteiger partial charge in [-0.05, 0) is 54.7 Å². The SMILES string of the molecule is COc1ccc(C2CCCCCN2C(=O)CCc2ccc3c(c2)OCCO3)cc1. The largest absolute Gasteiger partial charge is 0.497 e. The van der Waals surface area contributed by atoms with Crippen LogP contribution in [-0.4, -0.2) is 37.7 Å². The summed E-state index contributed by atoms with van der Waals surface area (Å²) < 4.78 is 16.5. The first-order valence-electron chi connectivity index (χ1n) is 10.6. The molecule has 2 aromatic carbocycles. The van der Waals surface area contributed by atoms with Gasteiger partial charge in [0.05, 0.1) is 13.2 Å². The molecule has 29 heavy (non-hydrogen) atoms. The lowest BCUT2D eigenvalue weighted by Gasteiger charge is -2.31. The zero-order valence-corrected chi connectivity index (χ0v) is 17.1. The summed E-state index contributed by atoms with van der Waals surface area (Å²) in [5.41, 5.74) is 2.30. The highest BCUT2D eigenvalue weighted by Crippen LogP contribution is 2.33. The van der Waals surface area contributed by atoms with Crippen LogP contribution in [0.25, 0.3) is 0 Å². The molecule has 0 spiro atoms. The molecule has 154 valence electrons. The number of nitrogens with zero attached hydrogens (tertiary/aromatic N) is 1. The minimum atomic E-state index is 0.149. The predicted octanol–water partition coefficient (Wildman–Crippen LogP) is 4.54. The summed E-state index contributed by atoms with van der Waals surface area (Å²) in [4.78, 5) is 15.3. The normalized spacial score (nSPS) is 18.8. The average molecular weight is 395 g/mol. The Morgan fingerprint density at radius 3 is 2.62 bits per heavy atom. The molecule has 0 saturated carbocycles. The fourth-order valence-electron chi connectivity index (χ4n) is 4.22. The van der Waals surface area contributed by atoms with Gasteiger partial charge >= 0.3 is 0 Å². The monoisotopic (exact) mass is 395 g/mol. The number of methoxy groups -OCH3 is 1. The molecule has 0 N–H and O–H groups in total. The number of likely N-dealkylation sites (tertiary alicyclic amines) is 1. The first-order chi connectivity index (χ1) is 14.2. The molecule has 0 radical (unpaired) electrons. The average Bonchev–Trinajstić information content (AvgIpc) is 3.03. The summed E-state index contributed by atoms with van der Waals surface area (Å²) in [6.45, 7) is 2.00. The lowest BCUT2D eigenvalue weighted by atomic mass is 10.00. The predicted molar refractivity (Wildman–Crippen MR) is 112 cm³/mol. The Labute approximate surface area is 172 Å². The fraction of sp³-hybridized carbons (Fsp3) is 0.458. The molecule has 0 bridgehead atoms. The van der Waals surface area contributed by atoms with Crippen LogP contribution >= 0.6 is 0 Å². The van der Waals surface area contributed by atoms with Crippen molar-refractivity contribution in [3.05, 3.63) is 53.6 Å². The van der Waals surface area contributed by atoms with Crippen LogP contribution in [0.3, 0.4) is 0 Å². The molecular weight excluding hydrogens is 366 g/mol. The van der Waals surface area contributed by atoms with E-state index in [1.807, 2.05) is 30.3 Å². The van der Waals surface area contributed by atoms with E-state index in [0.29, 0.717) is 26.1 Å². The molecule has 0 aliphatic carbocycles. The van der Waals surface area contributed by atoms with Gasteiger partial charge in [0.15, 0.2) is 11.5 Å². The van der Waals surface area contributed by atoms with Crippen LogP contribution < -0.4 is 14.2 Å². The van der Waals surface area contributed by atoms with E-state index in [-0.39, 0.29) is 11.9 Å². The van der Waals surface area contributed by atoms with Crippen LogP contribution in [-0.2, 0) is 11.2 Å². The van der Waals surface area contributed by atoms with E-state index in [4.69, 9.17) is 14.2 Å². The van der Waals surface area contributed by atoms with Gasteiger partial charge in [-0.25, -0.2) is 0 Å². The van der Waals surface area contributed by atoms with Crippen molar-refractivity contribution in [2.24, 2.45) is 0 Å². The minimum Gasteiger partial charge on any atom is -0.497 e. The number of hydrogen-bond donors (Lipinski definition) is 0. The van der Waals surface area contributed by atoms with E-state index < -0.39 is 0 Å². The molecule has 1 unspecified atom stereocenters. The summed E-state index contributed by atoms with van der Waals surface area (Å²) in [5, 5.41) is 0. The van der Waals surface area contributed by atoms with Gasteiger partial charge in [0.1, 0.15) is 19.0 Å². The van der Waals surface area contributed by atoms with Crippen molar-refractivity contribution in [3.8, 4) is 17.2 Å². The van der Waals surface area contributed by atoms with Crippen LogP contribution in [0, 0.1) is 0 Å². The maximum Gasteiger partial charge on any atom is 0.223 e. The molecular formula is C24H29NO4.